The first-order valence-corrected chi connectivity index (χ1v) is 3.63. The van der Waals surface area contributed by atoms with E-state index in [1.807, 2.05) is 22.6 Å². The topological polar surface area (TPSA) is 40.5 Å². The number of halogens is 1. The van der Waals surface area contributed by atoms with Crippen molar-refractivity contribution in [2.24, 2.45) is 0 Å². The summed E-state index contributed by atoms with van der Waals surface area (Å²) >= 11 is 2.02. The van der Waals surface area contributed by atoms with Gasteiger partial charge in [0.1, 0.15) is 0 Å². The van der Waals surface area contributed by atoms with E-state index in [9.17, 15) is 0 Å². The zero-order valence-corrected chi connectivity index (χ0v) is 6.29. The molecular formula is C4H9IO2. The van der Waals surface area contributed by atoms with E-state index in [0.29, 0.717) is 4.43 Å². The Labute approximate surface area is 56.7 Å². The molecule has 0 saturated heterocycles. The average molecular weight is 216 g/mol. The van der Waals surface area contributed by atoms with E-state index in [4.69, 9.17) is 10.2 Å². The molecule has 7 heavy (non-hydrogen) atoms. The van der Waals surface area contributed by atoms with Crippen molar-refractivity contribution >= 4 is 22.6 Å². The smallest absolute Gasteiger partial charge is 0.0885 e. The molecule has 2 N–H and O–H groups in total. The van der Waals surface area contributed by atoms with Crippen molar-refractivity contribution in [1.82, 2.24) is 0 Å². The summed E-state index contributed by atoms with van der Waals surface area (Å²) in [7, 11) is 0. The minimum atomic E-state index is -0.586. The van der Waals surface area contributed by atoms with Gasteiger partial charge in [-0.3, -0.25) is 0 Å². The maximum absolute atomic E-state index is 8.68. The maximum atomic E-state index is 8.68. The second-order valence-corrected chi connectivity index (χ2v) is 2.34. The average Bonchev–Trinajstić information content (AvgIpc) is 1.65. The fraction of sp³-hybridized carbons (Fsp3) is 1.00. The first-order valence-electron chi connectivity index (χ1n) is 2.10. The summed E-state index contributed by atoms with van der Waals surface area (Å²) in [5, 5.41) is 17.2. The molecule has 0 saturated carbocycles. The summed E-state index contributed by atoms with van der Waals surface area (Å²) in [6.45, 7) is 1.57. The van der Waals surface area contributed by atoms with E-state index in [1.54, 1.807) is 6.92 Å². The monoisotopic (exact) mass is 216 g/mol. The lowest BCUT2D eigenvalue weighted by Crippen LogP contribution is -2.23. The molecule has 0 aliphatic heterocycles. The van der Waals surface area contributed by atoms with Gasteiger partial charge >= 0.3 is 0 Å². The predicted octanol–water partition coefficient (Wildman–Crippen LogP) is 0.163. The maximum Gasteiger partial charge on any atom is 0.0885 e. The highest BCUT2D eigenvalue weighted by Gasteiger charge is 2.06. The van der Waals surface area contributed by atoms with Crippen molar-refractivity contribution in [3.05, 3.63) is 0 Å². The van der Waals surface area contributed by atoms with E-state index in [-0.39, 0.29) is 0 Å². The van der Waals surface area contributed by atoms with Crippen LogP contribution < -0.4 is 0 Å². The summed E-state index contributed by atoms with van der Waals surface area (Å²) in [6.07, 6.45) is -1.14. The van der Waals surface area contributed by atoms with Crippen LogP contribution in [0.3, 0.4) is 0 Å². The number of aliphatic hydroxyl groups is 2. The van der Waals surface area contributed by atoms with E-state index in [2.05, 4.69) is 0 Å². The lowest BCUT2D eigenvalue weighted by atomic mass is 10.3. The van der Waals surface area contributed by atoms with Crippen molar-refractivity contribution < 1.29 is 10.2 Å². The van der Waals surface area contributed by atoms with Crippen LogP contribution in [0.25, 0.3) is 0 Å². The number of alkyl halides is 1. The third-order valence-corrected chi connectivity index (χ3v) is 1.62. The molecule has 0 aliphatic carbocycles. The van der Waals surface area contributed by atoms with Crippen LogP contribution in [0.5, 0.6) is 0 Å². The van der Waals surface area contributed by atoms with Crippen molar-refractivity contribution in [3.8, 4) is 0 Å². The predicted molar refractivity (Wildman–Crippen MR) is 36.6 cm³/mol. The van der Waals surface area contributed by atoms with Crippen molar-refractivity contribution in [3.63, 3.8) is 0 Å². The van der Waals surface area contributed by atoms with Gasteiger partial charge in [0.15, 0.2) is 0 Å². The summed E-state index contributed by atoms with van der Waals surface area (Å²) in [6, 6.07) is 0. The largest absolute Gasteiger partial charge is 0.391 e. The second-order valence-electron chi connectivity index (χ2n) is 1.46. The van der Waals surface area contributed by atoms with Gasteiger partial charge in [0.2, 0.25) is 0 Å². The highest BCUT2D eigenvalue weighted by molar-refractivity contribution is 14.1. The van der Waals surface area contributed by atoms with Crippen molar-refractivity contribution in [2.45, 2.75) is 19.1 Å². The van der Waals surface area contributed by atoms with Crippen LogP contribution in [-0.4, -0.2) is 26.8 Å². The molecule has 0 spiro atoms. The van der Waals surface area contributed by atoms with Crippen LogP contribution in [-0.2, 0) is 0 Å². The summed E-state index contributed by atoms with van der Waals surface area (Å²) < 4.78 is 0.593. The zero-order chi connectivity index (χ0) is 5.86. The normalized spacial score (nSPS) is 18.9. The Balaban J connectivity index is 3.14. The van der Waals surface area contributed by atoms with Crippen LogP contribution in [0.1, 0.15) is 6.92 Å². The molecule has 0 unspecified atom stereocenters. The first kappa shape index (κ1) is 7.65. The van der Waals surface area contributed by atoms with Crippen LogP contribution in [0.15, 0.2) is 0 Å². The van der Waals surface area contributed by atoms with E-state index < -0.39 is 12.2 Å². The van der Waals surface area contributed by atoms with Crippen LogP contribution in [0.2, 0.25) is 0 Å². The fourth-order valence-corrected chi connectivity index (χ4v) is 0.865. The first-order chi connectivity index (χ1) is 3.18. The molecule has 0 radical (unpaired) electrons. The molecule has 44 valence electrons. The summed E-state index contributed by atoms with van der Waals surface area (Å²) in [5.41, 5.74) is 0. The Bertz CT molecular complexity index is 47.0. The minimum absolute atomic E-state index is 0.555. The molecular weight excluding hydrogens is 207 g/mol. The molecule has 0 aromatic carbocycles. The molecule has 0 rings (SSSR count). The summed E-state index contributed by atoms with van der Waals surface area (Å²) in [4.78, 5) is 0. The molecule has 3 heteroatoms. The Kier molecular flexibility index (Phi) is 3.96. The van der Waals surface area contributed by atoms with Crippen LogP contribution in [0.4, 0.5) is 0 Å². The summed E-state index contributed by atoms with van der Waals surface area (Å²) in [5.74, 6) is 0. The molecule has 0 amide bonds. The molecule has 2 nitrogen and oxygen atoms in total. The Morgan fingerprint density at radius 2 is 2.00 bits per heavy atom. The molecule has 0 aromatic heterocycles. The van der Waals surface area contributed by atoms with Gasteiger partial charge in [-0.1, -0.05) is 22.6 Å². The van der Waals surface area contributed by atoms with Gasteiger partial charge in [0.05, 0.1) is 12.2 Å². The third kappa shape index (κ3) is 3.25. The van der Waals surface area contributed by atoms with E-state index >= 15 is 0 Å². The Morgan fingerprint density at radius 3 is 2.00 bits per heavy atom. The number of hydrogen-bond acceptors (Lipinski definition) is 2. The van der Waals surface area contributed by atoms with Gasteiger partial charge in [0.25, 0.3) is 0 Å². The second kappa shape index (κ2) is 3.63. The van der Waals surface area contributed by atoms with Gasteiger partial charge < -0.3 is 10.2 Å². The SMILES string of the molecule is C[C@@H](O)[C@@H](O)CI. The molecule has 0 aromatic rings. The molecule has 0 aliphatic rings. The highest BCUT2D eigenvalue weighted by Crippen LogP contribution is 1.95. The van der Waals surface area contributed by atoms with Crippen LogP contribution in [0, 0.1) is 0 Å². The van der Waals surface area contributed by atoms with Crippen LogP contribution >= 0.6 is 22.6 Å². The Morgan fingerprint density at radius 1 is 1.57 bits per heavy atom. The quantitative estimate of drug-likeness (QED) is 0.510. The number of aliphatic hydroxyl groups excluding tert-OH is 2. The molecule has 2 atom stereocenters. The minimum Gasteiger partial charge on any atom is -0.391 e. The van der Waals surface area contributed by atoms with E-state index in [0.717, 1.165) is 0 Å². The van der Waals surface area contributed by atoms with E-state index in [1.165, 1.54) is 0 Å². The van der Waals surface area contributed by atoms with Gasteiger partial charge in [0, 0.05) is 4.43 Å². The third-order valence-electron chi connectivity index (χ3n) is 0.715. The van der Waals surface area contributed by atoms with Crippen molar-refractivity contribution in [2.75, 3.05) is 4.43 Å². The molecule has 0 heterocycles. The lowest BCUT2D eigenvalue weighted by Gasteiger charge is -2.07. The van der Waals surface area contributed by atoms with Gasteiger partial charge in [-0.05, 0) is 6.92 Å². The van der Waals surface area contributed by atoms with Gasteiger partial charge in [-0.2, -0.15) is 0 Å². The zero-order valence-electron chi connectivity index (χ0n) is 4.13. The highest BCUT2D eigenvalue weighted by atomic mass is 127. The fourth-order valence-electron chi connectivity index (χ4n) is 0.129. The standard InChI is InChI=1S/C4H9IO2/c1-3(6)4(7)2-5/h3-4,6-7H,2H2,1H3/t3-,4+/m1/s1. The number of hydrogen-bond donors (Lipinski definition) is 2. The van der Waals surface area contributed by atoms with Crippen molar-refractivity contribution in [1.29, 1.82) is 0 Å². The number of rotatable bonds is 2. The molecule has 0 fully saturated rings. The molecule has 0 bridgehead atoms. The lowest BCUT2D eigenvalue weighted by molar-refractivity contribution is 0.0487. The van der Waals surface area contributed by atoms with Gasteiger partial charge in [-0.15, -0.1) is 0 Å². The van der Waals surface area contributed by atoms with Gasteiger partial charge in [-0.25, -0.2) is 0 Å². The Hall–Kier alpha value is 0.650.